The third-order valence-electron chi connectivity index (χ3n) is 3.15. The SMILES string of the molecule is CCCNC(c1ccccc1OC(C)C)c1ccoc1Br. The first-order valence-electron chi connectivity index (χ1n) is 7.35. The maximum absolute atomic E-state index is 5.96. The fourth-order valence-electron chi connectivity index (χ4n) is 2.27. The van der Waals surface area contributed by atoms with Crippen molar-refractivity contribution in [3.63, 3.8) is 0 Å². The van der Waals surface area contributed by atoms with E-state index in [9.17, 15) is 0 Å². The van der Waals surface area contributed by atoms with Crippen LogP contribution in [0.25, 0.3) is 0 Å². The largest absolute Gasteiger partial charge is 0.491 e. The number of hydrogen-bond acceptors (Lipinski definition) is 3. The molecule has 0 saturated carbocycles. The molecule has 2 rings (SSSR count). The zero-order chi connectivity index (χ0) is 15.2. The number of rotatable bonds is 7. The van der Waals surface area contributed by atoms with Crippen molar-refractivity contribution >= 4 is 15.9 Å². The van der Waals surface area contributed by atoms with Gasteiger partial charge in [0.05, 0.1) is 18.4 Å². The minimum Gasteiger partial charge on any atom is -0.491 e. The minimum atomic E-state index is 0.0491. The Morgan fingerprint density at radius 2 is 1.95 bits per heavy atom. The van der Waals surface area contributed by atoms with Crippen LogP contribution in [0.2, 0.25) is 0 Å². The number of hydrogen-bond donors (Lipinski definition) is 1. The topological polar surface area (TPSA) is 34.4 Å². The molecule has 1 aromatic heterocycles. The van der Waals surface area contributed by atoms with Crippen LogP contribution in [0, 0.1) is 0 Å². The van der Waals surface area contributed by atoms with E-state index >= 15 is 0 Å². The van der Waals surface area contributed by atoms with E-state index in [-0.39, 0.29) is 12.1 Å². The van der Waals surface area contributed by atoms with Gasteiger partial charge in [-0.2, -0.15) is 0 Å². The molecule has 0 radical (unpaired) electrons. The number of ether oxygens (including phenoxy) is 1. The van der Waals surface area contributed by atoms with Gasteiger partial charge >= 0.3 is 0 Å². The summed E-state index contributed by atoms with van der Waals surface area (Å²) in [5.74, 6) is 0.911. The quantitative estimate of drug-likeness (QED) is 0.768. The summed E-state index contributed by atoms with van der Waals surface area (Å²) in [6.45, 7) is 7.17. The van der Waals surface area contributed by atoms with Gasteiger partial charge in [0, 0.05) is 11.1 Å². The van der Waals surface area contributed by atoms with E-state index in [0.29, 0.717) is 0 Å². The number of furan rings is 1. The molecular formula is C17H22BrNO2. The summed E-state index contributed by atoms with van der Waals surface area (Å²) in [7, 11) is 0. The van der Waals surface area contributed by atoms with Crippen LogP contribution in [-0.4, -0.2) is 12.6 Å². The Bertz CT molecular complexity index is 565. The fourth-order valence-corrected chi connectivity index (χ4v) is 2.74. The smallest absolute Gasteiger partial charge is 0.174 e. The molecule has 21 heavy (non-hydrogen) atoms. The number of benzene rings is 1. The van der Waals surface area contributed by atoms with E-state index in [0.717, 1.165) is 34.5 Å². The Morgan fingerprint density at radius 1 is 1.19 bits per heavy atom. The second-order valence-electron chi connectivity index (χ2n) is 5.24. The average molecular weight is 352 g/mol. The van der Waals surface area contributed by atoms with Gasteiger partial charge in [-0.25, -0.2) is 0 Å². The van der Waals surface area contributed by atoms with E-state index in [1.54, 1.807) is 6.26 Å². The second-order valence-corrected chi connectivity index (χ2v) is 5.96. The first kappa shape index (κ1) is 16.1. The third kappa shape index (κ3) is 4.11. The van der Waals surface area contributed by atoms with Gasteiger partial charge in [0.15, 0.2) is 4.67 Å². The zero-order valence-electron chi connectivity index (χ0n) is 12.7. The van der Waals surface area contributed by atoms with Gasteiger partial charge < -0.3 is 14.5 Å². The number of nitrogens with one attached hydrogen (secondary N) is 1. The summed E-state index contributed by atoms with van der Waals surface area (Å²) in [6, 6.07) is 10.2. The van der Waals surface area contributed by atoms with Crippen molar-refractivity contribution in [3.8, 4) is 5.75 Å². The molecule has 0 aliphatic carbocycles. The molecule has 0 fully saturated rings. The molecule has 1 atom stereocenters. The first-order chi connectivity index (χ1) is 10.1. The van der Waals surface area contributed by atoms with E-state index in [1.165, 1.54) is 0 Å². The van der Waals surface area contributed by atoms with E-state index < -0.39 is 0 Å². The highest BCUT2D eigenvalue weighted by molar-refractivity contribution is 9.10. The van der Waals surface area contributed by atoms with Crippen LogP contribution in [0.5, 0.6) is 5.75 Å². The lowest BCUT2D eigenvalue weighted by Crippen LogP contribution is -2.24. The monoisotopic (exact) mass is 351 g/mol. The van der Waals surface area contributed by atoms with E-state index in [1.807, 2.05) is 38.1 Å². The van der Waals surface area contributed by atoms with Crippen molar-refractivity contribution < 1.29 is 9.15 Å². The molecule has 1 aromatic carbocycles. The Labute approximate surface area is 134 Å². The summed E-state index contributed by atoms with van der Waals surface area (Å²) in [6.07, 6.45) is 2.91. The Balaban J connectivity index is 2.39. The highest BCUT2D eigenvalue weighted by Gasteiger charge is 2.21. The first-order valence-corrected chi connectivity index (χ1v) is 8.14. The van der Waals surface area contributed by atoms with Crippen molar-refractivity contribution in [1.29, 1.82) is 0 Å². The second kappa shape index (κ2) is 7.66. The molecule has 0 aliphatic rings. The van der Waals surface area contributed by atoms with Crippen LogP contribution < -0.4 is 10.1 Å². The van der Waals surface area contributed by atoms with Crippen LogP contribution >= 0.6 is 15.9 Å². The number of para-hydroxylation sites is 1. The van der Waals surface area contributed by atoms with Crippen molar-refractivity contribution in [2.75, 3.05) is 6.54 Å². The minimum absolute atomic E-state index is 0.0491. The van der Waals surface area contributed by atoms with Gasteiger partial charge in [-0.05, 0) is 54.9 Å². The van der Waals surface area contributed by atoms with Crippen LogP contribution in [0.3, 0.4) is 0 Å². The van der Waals surface area contributed by atoms with Crippen molar-refractivity contribution in [3.05, 3.63) is 52.4 Å². The Morgan fingerprint density at radius 3 is 2.57 bits per heavy atom. The maximum Gasteiger partial charge on any atom is 0.174 e. The average Bonchev–Trinajstić information content (AvgIpc) is 2.87. The van der Waals surface area contributed by atoms with Crippen LogP contribution in [0.1, 0.15) is 44.4 Å². The molecule has 0 bridgehead atoms. The Kier molecular flexibility index (Phi) is 5.88. The summed E-state index contributed by atoms with van der Waals surface area (Å²) < 4.78 is 12.1. The molecule has 114 valence electrons. The molecular weight excluding hydrogens is 330 g/mol. The summed E-state index contributed by atoms with van der Waals surface area (Å²) in [4.78, 5) is 0. The zero-order valence-corrected chi connectivity index (χ0v) is 14.3. The highest BCUT2D eigenvalue weighted by Crippen LogP contribution is 2.34. The van der Waals surface area contributed by atoms with Crippen molar-refractivity contribution in [2.24, 2.45) is 0 Å². The molecule has 0 spiro atoms. The predicted octanol–water partition coefficient (Wildman–Crippen LogP) is 4.92. The molecule has 1 heterocycles. The lowest BCUT2D eigenvalue weighted by atomic mass is 10.00. The van der Waals surface area contributed by atoms with Crippen molar-refractivity contribution in [1.82, 2.24) is 5.32 Å². The van der Waals surface area contributed by atoms with Crippen molar-refractivity contribution in [2.45, 2.75) is 39.3 Å². The van der Waals surface area contributed by atoms with Crippen LogP contribution in [0.15, 0.2) is 45.7 Å². The van der Waals surface area contributed by atoms with Crippen LogP contribution in [0.4, 0.5) is 0 Å². The van der Waals surface area contributed by atoms with E-state index in [4.69, 9.17) is 9.15 Å². The van der Waals surface area contributed by atoms with Gasteiger partial charge in [0.25, 0.3) is 0 Å². The van der Waals surface area contributed by atoms with Crippen LogP contribution in [-0.2, 0) is 0 Å². The molecule has 2 aromatic rings. The normalized spacial score (nSPS) is 12.6. The van der Waals surface area contributed by atoms with Gasteiger partial charge in [0.2, 0.25) is 0 Å². The molecule has 1 N–H and O–H groups in total. The fraction of sp³-hybridized carbons (Fsp3) is 0.412. The molecule has 0 aliphatic heterocycles. The lowest BCUT2D eigenvalue weighted by molar-refractivity contribution is 0.238. The summed E-state index contributed by atoms with van der Waals surface area (Å²) in [5.41, 5.74) is 2.21. The summed E-state index contributed by atoms with van der Waals surface area (Å²) in [5, 5.41) is 3.57. The maximum atomic E-state index is 5.96. The van der Waals surface area contributed by atoms with Gasteiger partial charge in [-0.15, -0.1) is 0 Å². The van der Waals surface area contributed by atoms with Gasteiger partial charge in [-0.1, -0.05) is 25.1 Å². The predicted molar refractivity (Wildman–Crippen MR) is 88.8 cm³/mol. The molecule has 0 amide bonds. The molecule has 0 saturated heterocycles. The van der Waals surface area contributed by atoms with E-state index in [2.05, 4.69) is 34.2 Å². The summed E-state index contributed by atoms with van der Waals surface area (Å²) >= 11 is 3.48. The molecule has 3 nitrogen and oxygen atoms in total. The number of halogens is 1. The standard InChI is InChI=1S/C17H22BrNO2/c1-4-10-19-16(14-9-11-20-17(14)18)13-7-5-6-8-15(13)21-12(2)3/h5-9,11-12,16,19H,4,10H2,1-3H3. The lowest BCUT2D eigenvalue weighted by Gasteiger charge is -2.22. The third-order valence-corrected chi connectivity index (χ3v) is 3.79. The Hall–Kier alpha value is -1.26. The highest BCUT2D eigenvalue weighted by atomic mass is 79.9. The van der Waals surface area contributed by atoms with Gasteiger partial charge in [-0.3, -0.25) is 0 Å². The molecule has 1 unspecified atom stereocenters. The molecule has 4 heteroatoms. The van der Waals surface area contributed by atoms with Gasteiger partial charge in [0.1, 0.15) is 5.75 Å².